The van der Waals surface area contributed by atoms with Crippen LogP contribution in [0.1, 0.15) is 31.9 Å². The molecule has 0 radical (unpaired) electrons. The Hall–Kier alpha value is -1.06. The molecular weight excluding hydrogens is 212 g/mol. The third-order valence-electron chi connectivity index (χ3n) is 2.98. The molecule has 1 aromatic carbocycles. The SMILES string of the molecule is CC(N[C@H](C)CCO)c1ccccc1N(C)C. The van der Waals surface area contributed by atoms with Gasteiger partial charge in [-0.3, -0.25) is 0 Å². The van der Waals surface area contributed by atoms with Crippen LogP contribution < -0.4 is 10.2 Å². The van der Waals surface area contributed by atoms with Crippen molar-refractivity contribution in [2.24, 2.45) is 0 Å². The lowest BCUT2D eigenvalue weighted by atomic mass is 10.0. The number of nitrogens with zero attached hydrogens (tertiary/aromatic N) is 1. The first-order chi connectivity index (χ1) is 8.06. The molecule has 0 saturated carbocycles. The second-order valence-corrected chi connectivity index (χ2v) is 4.75. The molecule has 2 atom stereocenters. The summed E-state index contributed by atoms with van der Waals surface area (Å²) in [4.78, 5) is 2.13. The smallest absolute Gasteiger partial charge is 0.0445 e. The van der Waals surface area contributed by atoms with Crippen LogP contribution in [0, 0.1) is 0 Å². The topological polar surface area (TPSA) is 35.5 Å². The highest BCUT2D eigenvalue weighted by molar-refractivity contribution is 5.53. The molecule has 3 heteroatoms. The third kappa shape index (κ3) is 4.02. The first-order valence-electron chi connectivity index (χ1n) is 6.19. The zero-order valence-electron chi connectivity index (χ0n) is 11.3. The van der Waals surface area contributed by atoms with E-state index in [1.807, 2.05) is 0 Å². The summed E-state index contributed by atoms with van der Waals surface area (Å²) in [5, 5.41) is 12.4. The Kier molecular flexibility index (Phi) is 5.45. The zero-order chi connectivity index (χ0) is 12.8. The maximum absolute atomic E-state index is 8.91. The van der Waals surface area contributed by atoms with Crippen molar-refractivity contribution in [2.45, 2.75) is 32.4 Å². The van der Waals surface area contributed by atoms with Crippen molar-refractivity contribution >= 4 is 5.69 Å². The molecule has 0 aliphatic heterocycles. The number of rotatable bonds is 6. The van der Waals surface area contributed by atoms with Crippen LogP contribution in [0.15, 0.2) is 24.3 Å². The molecule has 1 aromatic rings. The summed E-state index contributed by atoms with van der Waals surface area (Å²) in [5.74, 6) is 0. The number of hydrogen-bond donors (Lipinski definition) is 2. The summed E-state index contributed by atoms with van der Waals surface area (Å²) >= 11 is 0. The van der Waals surface area contributed by atoms with Crippen molar-refractivity contribution in [1.29, 1.82) is 0 Å². The molecule has 0 saturated heterocycles. The van der Waals surface area contributed by atoms with Gasteiger partial charge in [0, 0.05) is 38.5 Å². The second-order valence-electron chi connectivity index (χ2n) is 4.75. The number of anilines is 1. The van der Waals surface area contributed by atoms with E-state index in [9.17, 15) is 0 Å². The predicted molar refractivity (Wildman–Crippen MR) is 73.5 cm³/mol. The first kappa shape index (κ1) is 14.0. The van der Waals surface area contributed by atoms with Gasteiger partial charge in [0.1, 0.15) is 0 Å². The summed E-state index contributed by atoms with van der Waals surface area (Å²) in [5.41, 5.74) is 2.53. The molecule has 0 bridgehead atoms. The van der Waals surface area contributed by atoms with Crippen LogP contribution in [0.25, 0.3) is 0 Å². The van der Waals surface area contributed by atoms with Gasteiger partial charge in [-0.15, -0.1) is 0 Å². The summed E-state index contributed by atoms with van der Waals surface area (Å²) in [6, 6.07) is 9.02. The van der Waals surface area contributed by atoms with Gasteiger partial charge >= 0.3 is 0 Å². The quantitative estimate of drug-likeness (QED) is 0.794. The summed E-state index contributed by atoms with van der Waals surface area (Å²) in [7, 11) is 4.12. The van der Waals surface area contributed by atoms with Crippen molar-refractivity contribution in [2.75, 3.05) is 25.6 Å². The van der Waals surface area contributed by atoms with Crippen LogP contribution in [0.4, 0.5) is 5.69 Å². The van der Waals surface area contributed by atoms with E-state index >= 15 is 0 Å². The van der Waals surface area contributed by atoms with E-state index in [0.29, 0.717) is 6.04 Å². The number of hydrogen-bond acceptors (Lipinski definition) is 3. The fourth-order valence-electron chi connectivity index (χ4n) is 2.05. The Morgan fingerprint density at radius 2 is 1.88 bits per heavy atom. The monoisotopic (exact) mass is 236 g/mol. The van der Waals surface area contributed by atoms with Gasteiger partial charge in [0.25, 0.3) is 0 Å². The van der Waals surface area contributed by atoms with Gasteiger partial charge < -0.3 is 15.3 Å². The van der Waals surface area contributed by atoms with Gasteiger partial charge in [-0.05, 0) is 31.9 Å². The van der Waals surface area contributed by atoms with Crippen LogP contribution in [0.3, 0.4) is 0 Å². The Morgan fingerprint density at radius 1 is 1.24 bits per heavy atom. The fraction of sp³-hybridized carbons (Fsp3) is 0.571. The van der Waals surface area contributed by atoms with E-state index in [4.69, 9.17) is 5.11 Å². The van der Waals surface area contributed by atoms with Gasteiger partial charge in [0.05, 0.1) is 0 Å². The number of nitrogens with one attached hydrogen (secondary N) is 1. The molecule has 0 amide bonds. The third-order valence-corrected chi connectivity index (χ3v) is 2.98. The van der Waals surface area contributed by atoms with Crippen molar-refractivity contribution in [1.82, 2.24) is 5.32 Å². The lowest BCUT2D eigenvalue weighted by Crippen LogP contribution is -2.30. The lowest BCUT2D eigenvalue weighted by molar-refractivity contribution is 0.264. The van der Waals surface area contributed by atoms with Crippen LogP contribution >= 0.6 is 0 Å². The van der Waals surface area contributed by atoms with E-state index in [-0.39, 0.29) is 12.6 Å². The van der Waals surface area contributed by atoms with Gasteiger partial charge in [-0.25, -0.2) is 0 Å². The molecule has 17 heavy (non-hydrogen) atoms. The molecule has 3 nitrogen and oxygen atoms in total. The highest BCUT2D eigenvalue weighted by atomic mass is 16.3. The average Bonchev–Trinajstić information content (AvgIpc) is 2.29. The van der Waals surface area contributed by atoms with Crippen LogP contribution in [0.5, 0.6) is 0 Å². The Labute approximate surface area is 104 Å². The molecule has 0 fully saturated rings. The van der Waals surface area contributed by atoms with Crippen molar-refractivity contribution in [3.05, 3.63) is 29.8 Å². The number of aliphatic hydroxyl groups excluding tert-OH is 1. The normalized spacial score (nSPS) is 14.4. The fourth-order valence-corrected chi connectivity index (χ4v) is 2.05. The number of benzene rings is 1. The Bertz CT molecular complexity index is 339. The molecule has 1 rings (SSSR count). The van der Waals surface area contributed by atoms with Crippen molar-refractivity contribution < 1.29 is 5.11 Å². The van der Waals surface area contributed by atoms with Crippen LogP contribution in [-0.2, 0) is 0 Å². The largest absolute Gasteiger partial charge is 0.396 e. The molecule has 2 N–H and O–H groups in total. The summed E-state index contributed by atoms with van der Waals surface area (Å²) < 4.78 is 0. The van der Waals surface area contributed by atoms with E-state index in [2.05, 4.69) is 62.4 Å². The molecule has 0 aliphatic carbocycles. The minimum Gasteiger partial charge on any atom is -0.396 e. The maximum Gasteiger partial charge on any atom is 0.0445 e. The van der Waals surface area contributed by atoms with Gasteiger partial charge in [-0.2, -0.15) is 0 Å². The molecule has 0 aromatic heterocycles. The maximum atomic E-state index is 8.91. The van der Waals surface area contributed by atoms with E-state index in [0.717, 1.165) is 6.42 Å². The Balaban J connectivity index is 2.77. The zero-order valence-corrected chi connectivity index (χ0v) is 11.3. The van der Waals surface area contributed by atoms with Gasteiger partial charge in [-0.1, -0.05) is 18.2 Å². The highest BCUT2D eigenvalue weighted by Crippen LogP contribution is 2.24. The standard InChI is InChI=1S/C14H24N2O/c1-11(9-10-17)15-12(2)13-7-5-6-8-14(13)16(3)4/h5-8,11-12,15,17H,9-10H2,1-4H3/t11-,12?/m1/s1. The van der Waals surface area contributed by atoms with Crippen molar-refractivity contribution in [3.63, 3.8) is 0 Å². The minimum absolute atomic E-state index is 0.232. The molecule has 0 spiro atoms. The van der Waals surface area contributed by atoms with E-state index < -0.39 is 0 Å². The molecule has 1 unspecified atom stereocenters. The molecule has 0 aliphatic rings. The number of aliphatic hydroxyl groups is 1. The van der Waals surface area contributed by atoms with E-state index in [1.165, 1.54) is 11.3 Å². The van der Waals surface area contributed by atoms with Crippen LogP contribution in [0.2, 0.25) is 0 Å². The lowest BCUT2D eigenvalue weighted by Gasteiger charge is -2.25. The Morgan fingerprint density at radius 3 is 2.47 bits per heavy atom. The second kappa shape index (κ2) is 6.62. The van der Waals surface area contributed by atoms with Gasteiger partial charge in [0.2, 0.25) is 0 Å². The molecule has 0 heterocycles. The summed E-state index contributed by atoms with van der Waals surface area (Å²) in [6.45, 7) is 4.50. The average molecular weight is 236 g/mol. The van der Waals surface area contributed by atoms with E-state index in [1.54, 1.807) is 0 Å². The van der Waals surface area contributed by atoms with Crippen molar-refractivity contribution in [3.8, 4) is 0 Å². The molecular formula is C14H24N2O. The summed E-state index contributed by atoms with van der Waals surface area (Å²) in [6.07, 6.45) is 0.786. The highest BCUT2D eigenvalue weighted by Gasteiger charge is 2.13. The van der Waals surface area contributed by atoms with Crippen LogP contribution in [-0.4, -0.2) is 31.9 Å². The van der Waals surface area contributed by atoms with Gasteiger partial charge in [0.15, 0.2) is 0 Å². The first-order valence-corrected chi connectivity index (χ1v) is 6.19. The molecule has 96 valence electrons. The predicted octanol–water partition coefficient (Wildman–Crippen LogP) is 2.17. The number of para-hydroxylation sites is 1. The minimum atomic E-state index is 0.232.